The molecule has 0 bridgehead atoms. The molecule has 0 aliphatic carbocycles. The summed E-state index contributed by atoms with van der Waals surface area (Å²) in [6, 6.07) is 13.9. The molecule has 3 rings (SSSR count). The summed E-state index contributed by atoms with van der Waals surface area (Å²) in [7, 11) is 4.03. The van der Waals surface area contributed by atoms with Crippen molar-refractivity contribution < 1.29 is 9.21 Å². The molecule has 1 N–H and O–H groups in total. The molecule has 0 aliphatic heterocycles. The minimum Gasteiger partial charge on any atom is -0.421 e. The van der Waals surface area contributed by atoms with Crippen molar-refractivity contribution in [2.24, 2.45) is 0 Å². The van der Waals surface area contributed by atoms with Gasteiger partial charge in [-0.3, -0.25) is 4.79 Å². The summed E-state index contributed by atoms with van der Waals surface area (Å²) in [4.78, 5) is 15.5. The Kier molecular flexibility index (Phi) is 6.14. The Labute approximate surface area is 156 Å². The van der Waals surface area contributed by atoms with Crippen LogP contribution in [0.3, 0.4) is 0 Å². The minimum atomic E-state index is -0.0205. The van der Waals surface area contributed by atoms with Gasteiger partial charge in [0.05, 0.1) is 6.04 Å². The van der Waals surface area contributed by atoms with Gasteiger partial charge in [-0.2, -0.15) is 0 Å². The molecule has 2 aromatic heterocycles. The molecule has 0 aliphatic rings. The van der Waals surface area contributed by atoms with Gasteiger partial charge in [0.25, 0.3) is 0 Å². The van der Waals surface area contributed by atoms with E-state index >= 15 is 0 Å². The van der Waals surface area contributed by atoms with Crippen molar-refractivity contribution in [1.29, 1.82) is 0 Å². The van der Waals surface area contributed by atoms with Gasteiger partial charge >= 0.3 is 0 Å². The highest BCUT2D eigenvalue weighted by Crippen LogP contribution is 2.22. The summed E-state index contributed by atoms with van der Waals surface area (Å²) in [5, 5.41) is 13.1. The molecule has 1 atom stereocenters. The number of benzene rings is 1. The molecule has 6 nitrogen and oxygen atoms in total. The van der Waals surface area contributed by atoms with E-state index in [4.69, 9.17) is 4.42 Å². The van der Waals surface area contributed by atoms with Crippen molar-refractivity contribution in [3.63, 3.8) is 0 Å². The first-order valence-corrected chi connectivity index (χ1v) is 9.36. The molecule has 0 saturated carbocycles. The fourth-order valence-electron chi connectivity index (χ4n) is 2.59. The van der Waals surface area contributed by atoms with Gasteiger partial charge < -0.3 is 14.6 Å². The lowest BCUT2D eigenvalue weighted by atomic mass is 10.2. The number of nitrogens with one attached hydrogen (secondary N) is 1. The zero-order chi connectivity index (χ0) is 18.4. The minimum absolute atomic E-state index is 0.0205. The summed E-state index contributed by atoms with van der Waals surface area (Å²) in [5.74, 6) is 0.931. The second kappa shape index (κ2) is 8.73. The molecular formula is C19H22N4O2S. The standard InChI is InChI=1S/C19H22N4O2S/c1-23(2)15(16-9-6-12-26-16)13-20-17(24)10-11-18-21-22-19(25-18)14-7-4-3-5-8-14/h3-9,12,15H,10-11,13H2,1-2H3,(H,20,24). The van der Waals surface area contributed by atoms with E-state index in [0.29, 0.717) is 31.2 Å². The number of hydrogen-bond donors (Lipinski definition) is 1. The number of thiophene rings is 1. The van der Waals surface area contributed by atoms with Crippen LogP contribution in [-0.2, 0) is 11.2 Å². The summed E-state index contributed by atoms with van der Waals surface area (Å²) in [6.45, 7) is 0.575. The molecular weight excluding hydrogens is 348 g/mol. The van der Waals surface area contributed by atoms with E-state index in [1.807, 2.05) is 55.9 Å². The first kappa shape index (κ1) is 18.3. The first-order valence-electron chi connectivity index (χ1n) is 8.48. The molecule has 0 saturated heterocycles. The zero-order valence-electron chi connectivity index (χ0n) is 14.9. The summed E-state index contributed by atoms with van der Waals surface area (Å²) in [6.07, 6.45) is 0.748. The molecule has 136 valence electrons. The van der Waals surface area contributed by atoms with Crippen LogP contribution in [0.5, 0.6) is 0 Å². The predicted octanol–water partition coefficient (Wildman–Crippen LogP) is 3.15. The van der Waals surface area contributed by atoms with Gasteiger partial charge in [0.2, 0.25) is 17.7 Å². The number of nitrogens with zero attached hydrogens (tertiary/aromatic N) is 3. The van der Waals surface area contributed by atoms with Crippen LogP contribution >= 0.6 is 11.3 Å². The third kappa shape index (κ3) is 4.77. The average molecular weight is 370 g/mol. The van der Waals surface area contributed by atoms with E-state index in [1.54, 1.807) is 11.3 Å². The molecule has 1 aromatic carbocycles. The van der Waals surface area contributed by atoms with Gasteiger partial charge in [0.1, 0.15) is 0 Å². The summed E-state index contributed by atoms with van der Waals surface area (Å²) < 4.78 is 5.63. The molecule has 0 spiro atoms. The van der Waals surface area contributed by atoms with Crippen LogP contribution in [-0.4, -0.2) is 41.6 Å². The highest BCUT2D eigenvalue weighted by molar-refractivity contribution is 7.10. The van der Waals surface area contributed by atoms with E-state index in [-0.39, 0.29) is 11.9 Å². The summed E-state index contributed by atoms with van der Waals surface area (Å²) >= 11 is 1.70. The largest absolute Gasteiger partial charge is 0.421 e. The molecule has 1 unspecified atom stereocenters. The Morgan fingerprint density at radius 3 is 2.69 bits per heavy atom. The average Bonchev–Trinajstić information content (AvgIpc) is 3.33. The fourth-order valence-corrected chi connectivity index (χ4v) is 3.51. The fraction of sp³-hybridized carbons (Fsp3) is 0.316. The van der Waals surface area contributed by atoms with Crippen LogP contribution in [0, 0.1) is 0 Å². The van der Waals surface area contributed by atoms with Gasteiger partial charge in [-0.25, -0.2) is 0 Å². The Morgan fingerprint density at radius 2 is 2.00 bits per heavy atom. The lowest BCUT2D eigenvalue weighted by Gasteiger charge is -2.23. The number of carbonyl (C=O) groups is 1. The molecule has 2 heterocycles. The van der Waals surface area contributed by atoms with E-state index < -0.39 is 0 Å². The highest BCUT2D eigenvalue weighted by Gasteiger charge is 2.16. The van der Waals surface area contributed by atoms with Crippen LogP contribution in [0.2, 0.25) is 0 Å². The van der Waals surface area contributed by atoms with Crippen molar-refractivity contribution in [3.05, 3.63) is 58.6 Å². The van der Waals surface area contributed by atoms with Crippen LogP contribution in [0.15, 0.2) is 52.3 Å². The Bertz CT molecular complexity index is 815. The van der Waals surface area contributed by atoms with Crippen molar-refractivity contribution in [1.82, 2.24) is 20.4 Å². The van der Waals surface area contributed by atoms with Gasteiger partial charge in [-0.05, 0) is 37.7 Å². The third-order valence-corrected chi connectivity index (χ3v) is 5.01. The number of amides is 1. The number of hydrogen-bond acceptors (Lipinski definition) is 6. The molecule has 1 amide bonds. The number of likely N-dealkylation sites (N-methyl/N-ethyl adjacent to an activating group) is 1. The van der Waals surface area contributed by atoms with Crippen LogP contribution in [0.25, 0.3) is 11.5 Å². The van der Waals surface area contributed by atoms with Crippen molar-refractivity contribution in [2.75, 3.05) is 20.6 Å². The lowest BCUT2D eigenvalue weighted by molar-refractivity contribution is -0.121. The van der Waals surface area contributed by atoms with Crippen molar-refractivity contribution in [3.8, 4) is 11.5 Å². The maximum absolute atomic E-state index is 12.2. The van der Waals surface area contributed by atoms with Gasteiger partial charge in [-0.1, -0.05) is 24.3 Å². The SMILES string of the molecule is CN(C)C(CNC(=O)CCc1nnc(-c2ccccc2)o1)c1cccs1. The predicted molar refractivity (Wildman–Crippen MR) is 102 cm³/mol. The molecule has 26 heavy (non-hydrogen) atoms. The third-order valence-electron chi connectivity index (χ3n) is 4.04. The topological polar surface area (TPSA) is 71.3 Å². The van der Waals surface area contributed by atoms with E-state index in [0.717, 1.165) is 5.56 Å². The van der Waals surface area contributed by atoms with Crippen LogP contribution in [0.4, 0.5) is 0 Å². The maximum Gasteiger partial charge on any atom is 0.247 e. The number of aromatic nitrogens is 2. The smallest absolute Gasteiger partial charge is 0.247 e. The number of rotatable bonds is 8. The molecule has 3 aromatic rings. The van der Waals surface area contributed by atoms with Crippen molar-refractivity contribution >= 4 is 17.2 Å². The van der Waals surface area contributed by atoms with Crippen molar-refractivity contribution in [2.45, 2.75) is 18.9 Å². The molecule has 7 heteroatoms. The molecule has 0 radical (unpaired) electrons. The quantitative estimate of drug-likeness (QED) is 0.659. The highest BCUT2D eigenvalue weighted by atomic mass is 32.1. The Hall–Kier alpha value is -2.51. The number of carbonyl (C=O) groups excluding carboxylic acids is 1. The first-order chi connectivity index (χ1) is 12.6. The van der Waals surface area contributed by atoms with Crippen LogP contribution < -0.4 is 5.32 Å². The van der Waals surface area contributed by atoms with Gasteiger partial charge in [-0.15, -0.1) is 21.5 Å². The molecule has 0 fully saturated rings. The normalized spacial score (nSPS) is 12.3. The number of aryl methyl sites for hydroxylation is 1. The van der Waals surface area contributed by atoms with Gasteiger partial charge in [0, 0.05) is 29.8 Å². The maximum atomic E-state index is 12.2. The second-order valence-electron chi connectivity index (χ2n) is 6.17. The van der Waals surface area contributed by atoms with Crippen LogP contribution in [0.1, 0.15) is 23.2 Å². The lowest BCUT2D eigenvalue weighted by Crippen LogP contribution is -2.34. The van der Waals surface area contributed by atoms with E-state index in [9.17, 15) is 4.79 Å². The Balaban J connectivity index is 1.49. The monoisotopic (exact) mass is 370 g/mol. The van der Waals surface area contributed by atoms with E-state index in [1.165, 1.54) is 4.88 Å². The van der Waals surface area contributed by atoms with E-state index in [2.05, 4.69) is 26.5 Å². The second-order valence-corrected chi connectivity index (χ2v) is 7.15. The summed E-state index contributed by atoms with van der Waals surface area (Å²) in [5.41, 5.74) is 0.875. The Morgan fingerprint density at radius 1 is 1.19 bits per heavy atom. The van der Waals surface area contributed by atoms with Gasteiger partial charge in [0.15, 0.2) is 0 Å². The zero-order valence-corrected chi connectivity index (χ0v) is 15.7.